The van der Waals surface area contributed by atoms with Crippen molar-refractivity contribution < 1.29 is 4.79 Å². The number of aryl methyl sites for hydroxylation is 1. The van der Waals surface area contributed by atoms with Crippen LogP contribution < -0.4 is 0 Å². The van der Waals surface area contributed by atoms with Gasteiger partial charge in [0.15, 0.2) is 0 Å². The lowest BCUT2D eigenvalue weighted by atomic mass is 9.89. The van der Waals surface area contributed by atoms with Gasteiger partial charge in [-0.3, -0.25) is 4.79 Å². The minimum atomic E-state index is 0.125. The van der Waals surface area contributed by atoms with E-state index >= 15 is 0 Å². The summed E-state index contributed by atoms with van der Waals surface area (Å²) in [5, 5.41) is 0. The second kappa shape index (κ2) is 7.16. The number of imidazole rings is 1. The van der Waals surface area contributed by atoms with Crippen LogP contribution in [0.5, 0.6) is 0 Å². The Labute approximate surface area is 154 Å². The number of hydrogen-bond donors (Lipinski definition) is 0. The fraction of sp³-hybridized carbons (Fsp3) is 0.273. The predicted octanol–water partition coefficient (Wildman–Crippen LogP) is 4.20. The lowest BCUT2D eigenvalue weighted by Crippen LogP contribution is -2.39. The van der Waals surface area contributed by atoms with Crippen LogP contribution in [0.15, 0.2) is 67.3 Å². The molecular formula is C22H23N3O. The van der Waals surface area contributed by atoms with Crippen molar-refractivity contribution in [3.05, 3.63) is 83.9 Å². The average molecular weight is 345 g/mol. The van der Waals surface area contributed by atoms with Crippen molar-refractivity contribution in [3.8, 4) is 5.69 Å². The smallest absolute Gasteiger partial charge is 0.253 e. The van der Waals surface area contributed by atoms with E-state index in [1.165, 1.54) is 11.1 Å². The van der Waals surface area contributed by atoms with Gasteiger partial charge in [0.2, 0.25) is 0 Å². The van der Waals surface area contributed by atoms with E-state index in [1.807, 2.05) is 39.9 Å². The van der Waals surface area contributed by atoms with Crippen LogP contribution >= 0.6 is 0 Å². The molecule has 0 spiro atoms. The summed E-state index contributed by atoms with van der Waals surface area (Å²) in [4.78, 5) is 19.0. The van der Waals surface area contributed by atoms with Crippen LogP contribution in [-0.2, 0) is 0 Å². The molecule has 1 aliphatic heterocycles. The SMILES string of the molecule is Cc1cccc(C2CCCN(C(=O)c3ccc(-n4ccnc4)cc3)C2)c1. The number of benzene rings is 2. The standard InChI is InChI=1S/C22H23N3O/c1-17-4-2-5-19(14-17)20-6-3-12-24(15-20)22(26)18-7-9-21(10-8-18)25-13-11-23-16-25/h2,4-5,7-11,13-14,16,20H,3,6,12,15H2,1H3. The molecule has 132 valence electrons. The molecule has 0 saturated carbocycles. The maximum Gasteiger partial charge on any atom is 0.253 e. The van der Waals surface area contributed by atoms with Crippen molar-refractivity contribution in [2.75, 3.05) is 13.1 Å². The Hall–Kier alpha value is -2.88. The molecule has 0 aliphatic carbocycles. The zero-order valence-electron chi connectivity index (χ0n) is 15.0. The third-order valence-electron chi connectivity index (χ3n) is 5.14. The van der Waals surface area contributed by atoms with E-state index in [2.05, 4.69) is 36.2 Å². The highest BCUT2D eigenvalue weighted by atomic mass is 16.2. The van der Waals surface area contributed by atoms with Crippen LogP contribution in [-0.4, -0.2) is 33.4 Å². The molecule has 4 nitrogen and oxygen atoms in total. The molecule has 26 heavy (non-hydrogen) atoms. The summed E-state index contributed by atoms with van der Waals surface area (Å²) in [6.07, 6.45) is 7.60. The molecule has 4 heteroatoms. The number of carbonyl (C=O) groups is 1. The molecule has 1 aliphatic rings. The zero-order chi connectivity index (χ0) is 17.9. The Morgan fingerprint density at radius 3 is 2.73 bits per heavy atom. The Kier molecular flexibility index (Phi) is 4.57. The molecular weight excluding hydrogens is 322 g/mol. The third kappa shape index (κ3) is 3.40. The Morgan fingerprint density at radius 2 is 2.00 bits per heavy atom. The molecule has 1 unspecified atom stereocenters. The zero-order valence-corrected chi connectivity index (χ0v) is 15.0. The first kappa shape index (κ1) is 16.6. The van der Waals surface area contributed by atoms with Crippen molar-refractivity contribution in [2.24, 2.45) is 0 Å². The number of hydrogen-bond acceptors (Lipinski definition) is 2. The highest BCUT2D eigenvalue weighted by Crippen LogP contribution is 2.28. The highest BCUT2D eigenvalue weighted by Gasteiger charge is 2.25. The molecule has 1 amide bonds. The van der Waals surface area contributed by atoms with Crippen molar-refractivity contribution in [1.29, 1.82) is 0 Å². The molecule has 2 aromatic carbocycles. The molecule has 1 aromatic heterocycles. The predicted molar refractivity (Wildman–Crippen MR) is 103 cm³/mol. The van der Waals surface area contributed by atoms with Gasteiger partial charge in [0.25, 0.3) is 5.91 Å². The third-order valence-corrected chi connectivity index (χ3v) is 5.14. The largest absolute Gasteiger partial charge is 0.338 e. The van der Waals surface area contributed by atoms with Crippen LogP contribution in [0.1, 0.15) is 40.2 Å². The minimum absolute atomic E-state index is 0.125. The summed E-state index contributed by atoms with van der Waals surface area (Å²) in [5.41, 5.74) is 4.38. The Balaban J connectivity index is 1.49. The fourth-order valence-electron chi connectivity index (χ4n) is 3.73. The van der Waals surface area contributed by atoms with E-state index in [0.717, 1.165) is 37.2 Å². The van der Waals surface area contributed by atoms with Gasteiger partial charge >= 0.3 is 0 Å². The molecule has 1 saturated heterocycles. The molecule has 1 atom stereocenters. The van der Waals surface area contributed by atoms with Gasteiger partial charge in [0, 0.05) is 42.7 Å². The van der Waals surface area contributed by atoms with Gasteiger partial charge in [-0.15, -0.1) is 0 Å². The van der Waals surface area contributed by atoms with Crippen LogP contribution in [0.25, 0.3) is 5.69 Å². The Morgan fingerprint density at radius 1 is 1.15 bits per heavy atom. The molecule has 2 heterocycles. The van der Waals surface area contributed by atoms with E-state index in [-0.39, 0.29) is 5.91 Å². The number of carbonyl (C=O) groups excluding carboxylic acids is 1. The minimum Gasteiger partial charge on any atom is -0.338 e. The van der Waals surface area contributed by atoms with Gasteiger partial charge in [-0.1, -0.05) is 29.8 Å². The second-order valence-corrected chi connectivity index (χ2v) is 7.02. The van der Waals surface area contributed by atoms with E-state index in [9.17, 15) is 4.79 Å². The maximum absolute atomic E-state index is 12.9. The van der Waals surface area contributed by atoms with E-state index < -0.39 is 0 Å². The number of piperidine rings is 1. The first-order chi connectivity index (χ1) is 12.7. The monoisotopic (exact) mass is 345 g/mol. The van der Waals surface area contributed by atoms with Crippen LogP contribution in [0.3, 0.4) is 0 Å². The molecule has 4 rings (SSSR count). The van der Waals surface area contributed by atoms with Gasteiger partial charge in [0.1, 0.15) is 0 Å². The van der Waals surface area contributed by atoms with Gasteiger partial charge in [-0.2, -0.15) is 0 Å². The fourth-order valence-corrected chi connectivity index (χ4v) is 3.73. The van der Waals surface area contributed by atoms with Crippen molar-refractivity contribution in [2.45, 2.75) is 25.7 Å². The number of rotatable bonds is 3. The van der Waals surface area contributed by atoms with E-state index in [1.54, 1.807) is 12.5 Å². The lowest BCUT2D eigenvalue weighted by molar-refractivity contribution is 0.0707. The molecule has 0 bridgehead atoms. The van der Waals surface area contributed by atoms with Gasteiger partial charge in [-0.25, -0.2) is 4.98 Å². The van der Waals surface area contributed by atoms with Crippen LogP contribution in [0, 0.1) is 6.92 Å². The highest BCUT2D eigenvalue weighted by molar-refractivity contribution is 5.94. The van der Waals surface area contributed by atoms with Crippen molar-refractivity contribution >= 4 is 5.91 Å². The van der Waals surface area contributed by atoms with Crippen LogP contribution in [0.4, 0.5) is 0 Å². The Bertz CT molecular complexity index is 884. The maximum atomic E-state index is 12.9. The number of likely N-dealkylation sites (tertiary alicyclic amines) is 1. The van der Waals surface area contributed by atoms with E-state index in [0.29, 0.717) is 5.92 Å². The summed E-state index contributed by atoms with van der Waals surface area (Å²) in [7, 11) is 0. The topological polar surface area (TPSA) is 38.1 Å². The summed E-state index contributed by atoms with van der Waals surface area (Å²) in [6.45, 7) is 3.76. The molecule has 1 fully saturated rings. The van der Waals surface area contributed by atoms with Gasteiger partial charge in [0.05, 0.1) is 6.33 Å². The van der Waals surface area contributed by atoms with Crippen LogP contribution in [0.2, 0.25) is 0 Å². The number of nitrogens with zero attached hydrogens (tertiary/aromatic N) is 3. The second-order valence-electron chi connectivity index (χ2n) is 7.02. The first-order valence-corrected chi connectivity index (χ1v) is 9.15. The number of amides is 1. The van der Waals surface area contributed by atoms with Crippen molar-refractivity contribution in [3.63, 3.8) is 0 Å². The van der Waals surface area contributed by atoms with E-state index in [4.69, 9.17) is 0 Å². The summed E-state index contributed by atoms with van der Waals surface area (Å²) in [5.74, 6) is 0.553. The average Bonchev–Trinajstić information content (AvgIpc) is 3.22. The van der Waals surface area contributed by atoms with Gasteiger partial charge in [-0.05, 0) is 49.6 Å². The normalized spacial score (nSPS) is 17.3. The summed E-state index contributed by atoms with van der Waals surface area (Å²) >= 11 is 0. The van der Waals surface area contributed by atoms with Crippen molar-refractivity contribution in [1.82, 2.24) is 14.5 Å². The summed E-state index contributed by atoms with van der Waals surface area (Å²) in [6, 6.07) is 16.4. The molecule has 3 aromatic rings. The lowest BCUT2D eigenvalue weighted by Gasteiger charge is -2.33. The summed E-state index contributed by atoms with van der Waals surface area (Å²) < 4.78 is 1.93. The molecule has 0 N–H and O–H groups in total. The first-order valence-electron chi connectivity index (χ1n) is 9.15. The molecule has 0 radical (unpaired) electrons. The number of aromatic nitrogens is 2. The quantitative estimate of drug-likeness (QED) is 0.713. The van der Waals surface area contributed by atoms with Gasteiger partial charge < -0.3 is 9.47 Å².